The van der Waals surface area contributed by atoms with Crippen LogP contribution in [0.15, 0.2) is 60.7 Å². The van der Waals surface area contributed by atoms with Crippen LogP contribution in [-0.4, -0.2) is 7.11 Å². The smallest absolute Gasteiger partial charge is 0.431 e. The third-order valence-corrected chi connectivity index (χ3v) is 2.36. The molecule has 2 aromatic carbocycles. The van der Waals surface area contributed by atoms with E-state index in [1.807, 2.05) is 0 Å². The van der Waals surface area contributed by atoms with Crippen molar-refractivity contribution in [3.05, 3.63) is 60.7 Å². The van der Waals surface area contributed by atoms with Gasteiger partial charge in [0.2, 0.25) is 0 Å². The molecule has 0 unspecified atom stereocenters. The van der Waals surface area contributed by atoms with Crippen molar-refractivity contribution in [2.24, 2.45) is 0 Å². The van der Waals surface area contributed by atoms with Crippen molar-refractivity contribution in [2.45, 2.75) is 0 Å². The predicted molar refractivity (Wildman–Crippen MR) is 64.1 cm³/mol. The van der Waals surface area contributed by atoms with Gasteiger partial charge in [0.05, 0.1) is 0 Å². The third kappa shape index (κ3) is 2.61. The lowest BCUT2D eigenvalue weighted by atomic mass is 10.0. The molecule has 0 saturated carbocycles. The van der Waals surface area contributed by atoms with Gasteiger partial charge in [-0.15, -0.1) is 0 Å². The highest BCUT2D eigenvalue weighted by atomic mass is 19.4. The average molecular weight is 236 g/mol. The Morgan fingerprint density at radius 2 is 1.00 bits per heavy atom. The first-order valence-electron chi connectivity index (χ1n) is 5.18. The van der Waals surface area contributed by atoms with Gasteiger partial charge < -0.3 is 17.8 Å². The van der Waals surface area contributed by atoms with Gasteiger partial charge in [-0.05, 0) is 24.3 Å². The Bertz CT molecular complexity index is 431. The number of anilines is 2. The standard InChI is InChI=1S/C12H10BF3N/c14-13(15,16)17(11-7-3-1-4-8-11)12-9-5-2-6-10-12/h1-10H/q-1. The van der Waals surface area contributed by atoms with Crippen LogP contribution in [0.25, 0.3) is 0 Å². The summed E-state index contributed by atoms with van der Waals surface area (Å²) in [5.74, 6) is 0. The maximum Gasteiger partial charge on any atom is 0.602 e. The Labute approximate surface area is 97.6 Å². The molecule has 0 radical (unpaired) electrons. The largest absolute Gasteiger partial charge is 0.602 e. The number of halogens is 3. The Balaban J connectivity index is 2.48. The second-order valence-electron chi connectivity index (χ2n) is 3.58. The molecule has 0 N–H and O–H groups in total. The zero-order valence-electron chi connectivity index (χ0n) is 8.93. The first kappa shape index (κ1) is 11.6. The van der Waals surface area contributed by atoms with Gasteiger partial charge in [-0.1, -0.05) is 36.4 Å². The van der Waals surface area contributed by atoms with Crippen LogP contribution in [0.3, 0.4) is 0 Å². The van der Waals surface area contributed by atoms with Gasteiger partial charge in [-0.2, -0.15) is 0 Å². The summed E-state index contributed by atoms with van der Waals surface area (Å²) >= 11 is 0. The van der Waals surface area contributed by atoms with Gasteiger partial charge in [0, 0.05) is 11.4 Å². The Morgan fingerprint density at radius 1 is 0.647 bits per heavy atom. The average Bonchev–Trinajstić information content (AvgIpc) is 2.30. The van der Waals surface area contributed by atoms with E-state index in [-0.39, 0.29) is 11.4 Å². The summed E-state index contributed by atoms with van der Waals surface area (Å²) in [6, 6.07) is 15.5. The van der Waals surface area contributed by atoms with Crippen LogP contribution >= 0.6 is 0 Å². The van der Waals surface area contributed by atoms with Gasteiger partial charge >= 0.3 is 7.11 Å². The van der Waals surface area contributed by atoms with E-state index in [1.165, 1.54) is 24.3 Å². The maximum atomic E-state index is 13.1. The van der Waals surface area contributed by atoms with E-state index in [0.29, 0.717) is 4.81 Å². The van der Waals surface area contributed by atoms with Gasteiger partial charge in [0.25, 0.3) is 0 Å². The molecule has 0 aliphatic rings. The molecule has 0 saturated heterocycles. The summed E-state index contributed by atoms with van der Waals surface area (Å²) in [5.41, 5.74) is 0.261. The highest BCUT2D eigenvalue weighted by molar-refractivity contribution is 6.64. The summed E-state index contributed by atoms with van der Waals surface area (Å²) in [5, 5.41) is 0. The molecule has 17 heavy (non-hydrogen) atoms. The third-order valence-electron chi connectivity index (χ3n) is 2.36. The summed E-state index contributed by atoms with van der Waals surface area (Å²) in [6.45, 7) is 0. The summed E-state index contributed by atoms with van der Waals surface area (Å²) in [7, 11) is -5.11. The van der Waals surface area contributed by atoms with Crippen molar-refractivity contribution in [3.63, 3.8) is 0 Å². The van der Waals surface area contributed by atoms with Gasteiger partial charge in [0.15, 0.2) is 0 Å². The fourth-order valence-corrected chi connectivity index (χ4v) is 1.66. The summed E-state index contributed by atoms with van der Waals surface area (Å²) in [4.78, 5) is 0.417. The van der Waals surface area contributed by atoms with Gasteiger partial charge in [0.1, 0.15) is 0 Å². The Morgan fingerprint density at radius 3 is 1.29 bits per heavy atom. The fourth-order valence-electron chi connectivity index (χ4n) is 1.66. The molecule has 0 spiro atoms. The topological polar surface area (TPSA) is 3.24 Å². The van der Waals surface area contributed by atoms with E-state index in [1.54, 1.807) is 36.4 Å². The van der Waals surface area contributed by atoms with Gasteiger partial charge in [-0.25, -0.2) is 0 Å². The van der Waals surface area contributed by atoms with Crippen molar-refractivity contribution < 1.29 is 12.9 Å². The quantitative estimate of drug-likeness (QED) is 0.723. The zero-order chi connectivity index (χ0) is 12.3. The van der Waals surface area contributed by atoms with Crippen LogP contribution in [0.4, 0.5) is 24.3 Å². The molecule has 0 aromatic heterocycles. The lowest BCUT2D eigenvalue weighted by Gasteiger charge is -2.35. The molecule has 0 atom stereocenters. The number of rotatable bonds is 3. The zero-order valence-corrected chi connectivity index (χ0v) is 8.93. The Kier molecular flexibility index (Phi) is 3.09. The van der Waals surface area contributed by atoms with Crippen molar-refractivity contribution in [1.29, 1.82) is 0 Å². The van der Waals surface area contributed by atoms with Crippen LogP contribution in [0, 0.1) is 0 Å². The predicted octanol–water partition coefficient (Wildman–Crippen LogP) is 4.17. The number of benzene rings is 2. The minimum atomic E-state index is -5.11. The number of nitrogens with zero attached hydrogens (tertiary/aromatic N) is 1. The van der Waals surface area contributed by atoms with Crippen LogP contribution in [0.2, 0.25) is 0 Å². The molecule has 0 amide bonds. The van der Waals surface area contributed by atoms with E-state index >= 15 is 0 Å². The highest BCUT2D eigenvalue weighted by Gasteiger charge is 2.34. The summed E-state index contributed by atoms with van der Waals surface area (Å²) in [6.07, 6.45) is 0. The van der Waals surface area contributed by atoms with Crippen LogP contribution in [0.5, 0.6) is 0 Å². The second kappa shape index (κ2) is 4.53. The van der Waals surface area contributed by atoms with Crippen molar-refractivity contribution in [2.75, 3.05) is 4.81 Å². The lowest BCUT2D eigenvalue weighted by Crippen LogP contribution is -2.39. The minimum absolute atomic E-state index is 0.131. The highest BCUT2D eigenvalue weighted by Crippen LogP contribution is 2.32. The van der Waals surface area contributed by atoms with Crippen LogP contribution in [0.1, 0.15) is 0 Å². The fraction of sp³-hybridized carbons (Fsp3) is 0. The molecule has 1 nitrogen and oxygen atoms in total. The molecule has 0 bridgehead atoms. The molecule has 0 heterocycles. The normalized spacial score (nSPS) is 11.2. The SMILES string of the molecule is F[B-](F)(F)N(c1ccccc1)c1ccccc1. The monoisotopic (exact) mass is 236 g/mol. The van der Waals surface area contributed by atoms with Crippen molar-refractivity contribution >= 4 is 18.5 Å². The van der Waals surface area contributed by atoms with Crippen LogP contribution in [-0.2, 0) is 0 Å². The summed E-state index contributed by atoms with van der Waals surface area (Å²) < 4.78 is 39.2. The molecular formula is C12H10BF3N-. The molecule has 0 aliphatic carbocycles. The van der Waals surface area contributed by atoms with E-state index in [0.717, 1.165) is 0 Å². The van der Waals surface area contributed by atoms with Crippen molar-refractivity contribution in [3.8, 4) is 0 Å². The number of para-hydroxylation sites is 2. The van der Waals surface area contributed by atoms with E-state index in [2.05, 4.69) is 0 Å². The minimum Gasteiger partial charge on any atom is -0.431 e. The molecule has 2 rings (SSSR count). The lowest BCUT2D eigenvalue weighted by molar-refractivity contribution is 0.471. The molecule has 2 aromatic rings. The van der Waals surface area contributed by atoms with E-state index in [9.17, 15) is 12.9 Å². The van der Waals surface area contributed by atoms with Crippen LogP contribution < -0.4 is 4.81 Å². The molecule has 0 fully saturated rings. The molecular weight excluding hydrogens is 226 g/mol. The van der Waals surface area contributed by atoms with E-state index in [4.69, 9.17) is 0 Å². The Hall–Kier alpha value is -1.91. The van der Waals surface area contributed by atoms with Gasteiger partial charge in [-0.3, -0.25) is 0 Å². The molecule has 88 valence electrons. The van der Waals surface area contributed by atoms with E-state index < -0.39 is 7.11 Å². The second-order valence-corrected chi connectivity index (χ2v) is 3.58. The maximum absolute atomic E-state index is 13.1. The van der Waals surface area contributed by atoms with Crippen molar-refractivity contribution in [1.82, 2.24) is 0 Å². The first-order valence-corrected chi connectivity index (χ1v) is 5.18. The number of hydrogen-bond acceptors (Lipinski definition) is 1. The molecule has 0 aliphatic heterocycles. The number of hydrogen-bond donors (Lipinski definition) is 0. The molecule has 5 heteroatoms. The first-order chi connectivity index (χ1) is 8.09.